The number of aryl methyl sites for hydroxylation is 2. The van der Waals surface area contributed by atoms with Crippen LogP contribution in [0.4, 0.5) is 30.2 Å². The van der Waals surface area contributed by atoms with Crippen molar-refractivity contribution in [1.82, 2.24) is 0 Å². The van der Waals surface area contributed by atoms with Gasteiger partial charge in [0.05, 0.1) is 22.9 Å². The molecule has 0 saturated heterocycles. The van der Waals surface area contributed by atoms with E-state index in [0.717, 1.165) is 41.8 Å². The molecule has 162 valence electrons. The van der Waals surface area contributed by atoms with E-state index < -0.39 is 17.6 Å². The number of rotatable bonds is 3. The van der Waals surface area contributed by atoms with Gasteiger partial charge in [-0.15, -0.1) is 0 Å². The Morgan fingerprint density at radius 2 is 1.94 bits per heavy atom. The highest BCUT2D eigenvalue weighted by Gasteiger charge is 2.37. The fourth-order valence-corrected chi connectivity index (χ4v) is 4.06. The van der Waals surface area contributed by atoms with E-state index in [-0.39, 0.29) is 24.1 Å². The Morgan fingerprint density at radius 1 is 1.19 bits per heavy atom. The molecule has 2 aromatic rings. The number of anilines is 2. The number of nitrogens with one attached hydrogen (secondary N) is 1. The maximum absolute atomic E-state index is 13.3. The molecule has 8 heteroatoms. The molecule has 0 aromatic heterocycles. The number of amides is 2. The molecule has 0 unspecified atom stereocenters. The largest absolute Gasteiger partial charge is 0.416 e. The maximum atomic E-state index is 13.3. The predicted molar refractivity (Wildman–Crippen MR) is 113 cm³/mol. The molecule has 2 aliphatic rings. The van der Waals surface area contributed by atoms with Gasteiger partial charge < -0.3 is 10.2 Å². The predicted octanol–water partition coefficient (Wildman–Crippen LogP) is 5.18. The molecule has 1 saturated carbocycles. The fraction of sp³-hybridized carbons (Fsp3) is 0.348. The van der Waals surface area contributed by atoms with Crippen molar-refractivity contribution < 1.29 is 22.8 Å². The van der Waals surface area contributed by atoms with E-state index in [9.17, 15) is 22.8 Å². The third-order valence-corrected chi connectivity index (χ3v) is 5.81. The standard InChI is InChI=1S/C23H22F3N3O2/c1-13-9-19-20(10-14(13)2)29(22(31)17-7-4-8-18(17)28-19)12-21(30)27-16-6-3-5-15(11-16)23(24,25)26/h3,5-6,9-11,17H,4,7-8,12H2,1-2H3,(H,27,30)/t17-/m0/s1. The quantitative estimate of drug-likeness (QED) is 0.731. The van der Waals surface area contributed by atoms with E-state index in [1.165, 1.54) is 17.0 Å². The van der Waals surface area contributed by atoms with Gasteiger partial charge in [-0.05, 0) is 74.6 Å². The highest BCUT2D eigenvalue weighted by atomic mass is 19.4. The van der Waals surface area contributed by atoms with Gasteiger partial charge in [-0.25, -0.2) is 0 Å². The number of nitrogens with zero attached hydrogens (tertiary/aromatic N) is 2. The third kappa shape index (κ3) is 4.19. The van der Waals surface area contributed by atoms with Crippen molar-refractivity contribution in [2.24, 2.45) is 10.9 Å². The van der Waals surface area contributed by atoms with Crippen LogP contribution in [0, 0.1) is 19.8 Å². The summed E-state index contributed by atoms with van der Waals surface area (Å²) in [5.74, 6) is -1.13. The Labute approximate surface area is 178 Å². The van der Waals surface area contributed by atoms with Crippen LogP contribution in [0.2, 0.25) is 0 Å². The second-order valence-corrected chi connectivity index (χ2v) is 8.02. The van der Waals surface area contributed by atoms with Crippen LogP contribution in [0.25, 0.3) is 0 Å². The Morgan fingerprint density at radius 3 is 2.68 bits per heavy atom. The average molecular weight is 429 g/mol. The van der Waals surface area contributed by atoms with Crippen molar-refractivity contribution in [2.45, 2.75) is 39.3 Å². The number of carbonyl (C=O) groups excluding carboxylic acids is 2. The van der Waals surface area contributed by atoms with Crippen LogP contribution in [-0.2, 0) is 15.8 Å². The Bertz CT molecular complexity index is 1090. The van der Waals surface area contributed by atoms with Crippen LogP contribution in [-0.4, -0.2) is 24.1 Å². The molecule has 2 amide bonds. The van der Waals surface area contributed by atoms with Gasteiger partial charge in [-0.1, -0.05) is 6.07 Å². The number of halogens is 3. The van der Waals surface area contributed by atoms with Crippen molar-refractivity contribution in [3.8, 4) is 0 Å². The zero-order valence-corrected chi connectivity index (χ0v) is 17.2. The zero-order valence-electron chi connectivity index (χ0n) is 17.2. The number of alkyl halides is 3. The third-order valence-electron chi connectivity index (χ3n) is 5.81. The Kier molecular flexibility index (Phi) is 5.33. The first kappa shape index (κ1) is 21.1. The summed E-state index contributed by atoms with van der Waals surface area (Å²) in [4.78, 5) is 32.2. The summed E-state index contributed by atoms with van der Waals surface area (Å²) >= 11 is 0. The minimum absolute atomic E-state index is 0.0280. The number of aliphatic imine (C=N–C) groups is 1. The SMILES string of the molecule is Cc1cc2c(cc1C)N(CC(=O)Nc1cccc(C(F)(F)F)c1)C(=O)[C@H]1CCCC1=N2. The molecule has 1 N–H and O–H groups in total. The summed E-state index contributed by atoms with van der Waals surface area (Å²) in [6.45, 7) is 3.57. The molecule has 0 bridgehead atoms. The second-order valence-electron chi connectivity index (χ2n) is 8.02. The minimum atomic E-state index is -4.51. The summed E-state index contributed by atoms with van der Waals surface area (Å²) in [5.41, 5.74) is 3.19. The topological polar surface area (TPSA) is 61.8 Å². The number of carbonyl (C=O) groups is 2. The number of hydrogen-bond acceptors (Lipinski definition) is 3. The van der Waals surface area contributed by atoms with Gasteiger partial charge in [0.25, 0.3) is 0 Å². The molecule has 1 aliphatic carbocycles. The summed E-state index contributed by atoms with van der Waals surface area (Å²) in [6.07, 6.45) is -2.23. The van der Waals surface area contributed by atoms with Crippen LogP contribution in [0.1, 0.15) is 36.0 Å². The Balaban J connectivity index is 1.63. The molecular formula is C23H22F3N3O2. The lowest BCUT2D eigenvalue weighted by molar-refractivity contribution is -0.137. The van der Waals surface area contributed by atoms with Crippen LogP contribution < -0.4 is 10.2 Å². The summed E-state index contributed by atoms with van der Waals surface area (Å²) in [6, 6.07) is 8.18. The molecule has 1 aliphatic heterocycles. The van der Waals surface area contributed by atoms with Crippen LogP contribution in [0.15, 0.2) is 41.4 Å². The van der Waals surface area contributed by atoms with E-state index in [1.54, 1.807) is 0 Å². The molecule has 4 rings (SSSR count). The molecule has 31 heavy (non-hydrogen) atoms. The number of fused-ring (bicyclic) bond motifs is 2. The highest BCUT2D eigenvalue weighted by molar-refractivity contribution is 6.17. The average Bonchev–Trinajstić information content (AvgIpc) is 3.13. The first-order chi connectivity index (χ1) is 14.6. The fourth-order valence-electron chi connectivity index (χ4n) is 4.06. The number of hydrogen-bond donors (Lipinski definition) is 1. The molecule has 5 nitrogen and oxygen atoms in total. The van der Waals surface area contributed by atoms with Crippen molar-refractivity contribution >= 4 is 34.6 Å². The molecule has 1 heterocycles. The van der Waals surface area contributed by atoms with E-state index in [1.807, 2.05) is 26.0 Å². The minimum Gasteiger partial charge on any atom is -0.325 e. The van der Waals surface area contributed by atoms with Crippen molar-refractivity contribution in [1.29, 1.82) is 0 Å². The molecule has 1 atom stereocenters. The van der Waals surface area contributed by atoms with E-state index in [2.05, 4.69) is 5.32 Å². The van der Waals surface area contributed by atoms with Gasteiger partial charge in [0.2, 0.25) is 11.8 Å². The normalized spacial score (nSPS) is 18.2. The molecular weight excluding hydrogens is 407 g/mol. The molecule has 2 aromatic carbocycles. The van der Waals surface area contributed by atoms with Gasteiger partial charge in [-0.3, -0.25) is 14.6 Å². The lowest BCUT2D eigenvalue weighted by atomic mass is 10.0. The number of benzene rings is 2. The Hall–Kier alpha value is -3.16. The maximum Gasteiger partial charge on any atom is 0.416 e. The van der Waals surface area contributed by atoms with Gasteiger partial charge in [-0.2, -0.15) is 13.2 Å². The van der Waals surface area contributed by atoms with Gasteiger partial charge in [0.15, 0.2) is 0 Å². The van der Waals surface area contributed by atoms with Crippen LogP contribution >= 0.6 is 0 Å². The van der Waals surface area contributed by atoms with Crippen molar-refractivity contribution in [3.05, 3.63) is 53.1 Å². The van der Waals surface area contributed by atoms with E-state index in [0.29, 0.717) is 17.8 Å². The van der Waals surface area contributed by atoms with Crippen molar-refractivity contribution in [2.75, 3.05) is 16.8 Å². The summed E-state index contributed by atoms with van der Waals surface area (Å²) in [5, 5.41) is 2.49. The van der Waals surface area contributed by atoms with Crippen molar-refractivity contribution in [3.63, 3.8) is 0 Å². The van der Waals surface area contributed by atoms with Crippen LogP contribution in [0.5, 0.6) is 0 Å². The summed E-state index contributed by atoms with van der Waals surface area (Å²) < 4.78 is 38.9. The first-order valence-corrected chi connectivity index (χ1v) is 10.1. The van der Waals surface area contributed by atoms with Crippen LogP contribution in [0.3, 0.4) is 0 Å². The molecule has 0 spiro atoms. The monoisotopic (exact) mass is 429 g/mol. The van der Waals surface area contributed by atoms with Gasteiger partial charge in [0.1, 0.15) is 6.54 Å². The molecule has 0 radical (unpaired) electrons. The zero-order chi connectivity index (χ0) is 22.3. The lowest BCUT2D eigenvalue weighted by Crippen LogP contribution is -2.42. The van der Waals surface area contributed by atoms with E-state index in [4.69, 9.17) is 4.99 Å². The van der Waals surface area contributed by atoms with E-state index >= 15 is 0 Å². The first-order valence-electron chi connectivity index (χ1n) is 10.1. The summed E-state index contributed by atoms with van der Waals surface area (Å²) in [7, 11) is 0. The smallest absolute Gasteiger partial charge is 0.325 e. The highest BCUT2D eigenvalue weighted by Crippen LogP contribution is 2.39. The van der Waals surface area contributed by atoms with Gasteiger partial charge in [0, 0.05) is 11.4 Å². The molecule has 1 fully saturated rings. The van der Waals surface area contributed by atoms with Gasteiger partial charge >= 0.3 is 6.18 Å². The second kappa shape index (κ2) is 7.83. The lowest BCUT2D eigenvalue weighted by Gasteiger charge is -2.25.